The molecular formula is C22H22Cl2N2OS. The van der Waals surface area contributed by atoms with Gasteiger partial charge in [0.1, 0.15) is 5.02 Å². The zero-order valence-corrected chi connectivity index (χ0v) is 18.4. The van der Waals surface area contributed by atoms with Crippen LogP contribution in [0.3, 0.4) is 0 Å². The van der Waals surface area contributed by atoms with Crippen molar-refractivity contribution in [3.05, 3.63) is 78.9 Å². The largest absolute Gasteiger partial charge is 0.361 e. The van der Waals surface area contributed by atoms with Crippen molar-refractivity contribution >= 4 is 35.3 Å². The summed E-state index contributed by atoms with van der Waals surface area (Å²) in [6, 6.07) is 9.85. The van der Waals surface area contributed by atoms with Gasteiger partial charge in [0.05, 0.1) is 6.54 Å². The minimum atomic E-state index is -0.140. The first-order valence-electron chi connectivity index (χ1n) is 8.63. The van der Waals surface area contributed by atoms with Crippen LogP contribution in [0.4, 0.5) is 0 Å². The van der Waals surface area contributed by atoms with Gasteiger partial charge in [0, 0.05) is 29.1 Å². The van der Waals surface area contributed by atoms with Gasteiger partial charge in [-0.1, -0.05) is 35.6 Å². The summed E-state index contributed by atoms with van der Waals surface area (Å²) >= 11 is 7.82. The van der Waals surface area contributed by atoms with Gasteiger partial charge in [-0.15, -0.1) is 12.4 Å². The van der Waals surface area contributed by atoms with Crippen LogP contribution in [0.25, 0.3) is 11.1 Å². The zero-order chi connectivity index (χ0) is 19.4. The van der Waals surface area contributed by atoms with Crippen molar-refractivity contribution < 1.29 is 0 Å². The molecule has 146 valence electrons. The van der Waals surface area contributed by atoms with Crippen molar-refractivity contribution in [3.63, 3.8) is 0 Å². The first-order valence-corrected chi connectivity index (χ1v) is 9.95. The zero-order valence-electron chi connectivity index (χ0n) is 16.0. The monoisotopic (exact) mass is 432 g/mol. The van der Waals surface area contributed by atoms with E-state index >= 15 is 0 Å². The van der Waals surface area contributed by atoms with Gasteiger partial charge in [0.2, 0.25) is 5.43 Å². The van der Waals surface area contributed by atoms with Crippen LogP contribution >= 0.6 is 35.3 Å². The lowest BCUT2D eigenvalue weighted by molar-refractivity contribution is 0.369. The molecule has 2 heterocycles. The third-order valence-electron chi connectivity index (χ3n) is 4.29. The van der Waals surface area contributed by atoms with Crippen LogP contribution in [-0.4, -0.2) is 23.5 Å². The van der Waals surface area contributed by atoms with E-state index in [-0.39, 0.29) is 22.9 Å². The summed E-state index contributed by atoms with van der Waals surface area (Å²) in [6.07, 6.45) is 0. The molecule has 0 radical (unpaired) electrons. The maximum atomic E-state index is 12.5. The number of benzene rings is 1. The van der Waals surface area contributed by atoms with Gasteiger partial charge in [0.15, 0.2) is 0 Å². The fraction of sp³-hybridized carbons (Fsp3) is 0.227. The Bertz CT molecular complexity index is 1050. The Balaban J connectivity index is 0.00000280. The molecular weight excluding hydrogens is 411 g/mol. The molecule has 0 amide bonds. The average molecular weight is 433 g/mol. The first-order chi connectivity index (χ1) is 13.0. The lowest BCUT2D eigenvalue weighted by Gasteiger charge is -2.11. The molecule has 1 aromatic carbocycles. The summed E-state index contributed by atoms with van der Waals surface area (Å²) in [5.41, 5.74) is 5.06. The molecule has 28 heavy (non-hydrogen) atoms. The predicted octanol–water partition coefficient (Wildman–Crippen LogP) is 5.28. The number of H-pyrrole nitrogens is 1. The standard InChI is InChI=1S/C22H21ClN2OS.ClH/c1-15-20(22(26)21(23)16(2)24-15)19-8-6-17(7-9-19)5-4-11-25(3)13-18-10-12-27-14-18;/h6-10,12,14H,11,13H2,1-3H3,(H,24,26);1H. The van der Waals surface area contributed by atoms with Crippen molar-refractivity contribution in [2.75, 3.05) is 13.6 Å². The fourth-order valence-electron chi connectivity index (χ4n) is 2.94. The Kier molecular flexibility index (Phi) is 7.91. The molecule has 3 aromatic rings. The number of hydrogen-bond acceptors (Lipinski definition) is 3. The molecule has 3 rings (SSSR count). The van der Waals surface area contributed by atoms with Crippen LogP contribution in [0.2, 0.25) is 5.02 Å². The average Bonchev–Trinajstić information content (AvgIpc) is 3.14. The Morgan fingerprint density at radius 2 is 1.86 bits per heavy atom. The molecule has 0 aliphatic rings. The molecule has 2 aromatic heterocycles. The minimum absolute atomic E-state index is 0. The van der Waals surface area contributed by atoms with Gasteiger partial charge in [-0.05, 0) is 61.0 Å². The van der Waals surface area contributed by atoms with E-state index in [0.29, 0.717) is 17.8 Å². The molecule has 0 bridgehead atoms. The van der Waals surface area contributed by atoms with Crippen molar-refractivity contribution in [1.82, 2.24) is 9.88 Å². The Hall–Kier alpha value is -2.03. The second kappa shape index (κ2) is 9.95. The molecule has 1 N–H and O–H groups in total. The van der Waals surface area contributed by atoms with Crippen LogP contribution < -0.4 is 5.43 Å². The van der Waals surface area contributed by atoms with E-state index in [1.54, 1.807) is 18.3 Å². The topological polar surface area (TPSA) is 36.1 Å². The van der Waals surface area contributed by atoms with Crippen LogP contribution in [0, 0.1) is 25.7 Å². The number of thiophene rings is 1. The number of hydrogen-bond donors (Lipinski definition) is 1. The summed E-state index contributed by atoms with van der Waals surface area (Å²) in [7, 11) is 2.06. The Morgan fingerprint density at radius 3 is 2.50 bits per heavy atom. The lowest BCUT2D eigenvalue weighted by atomic mass is 10.0. The van der Waals surface area contributed by atoms with E-state index in [9.17, 15) is 4.79 Å². The number of halogens is 2. The maximum Gasteiger partial charge on any atom is 0.208 e. The van der Waals surface area contributed by atoms with Crippen molar-refractivity contribution in [2.24, 2.45) is 0 Å². The second-order valence-electron chi connectivity index (χ2n) is 6.58. The maximum absolute atomic E-state index is 12.5. The number of aromatic nitrogens is 1. The number of aryl methyl sites for hydroxylation is 2. The summed E-state index contributed by atoms with van der Waals surface area (Å²) in [5.74, 6) is 6.39. The summed E-state index contributed by atoms with van der Waals surface area (Å²) in [4.78, 5) is 17.8. The van der Waals surface area contributed by atoms with Crippen molar-refractivity contribution in [3.8, 4) is 23.0 Å². The van der Waals surface area contributed by atoms with Crippen LogP contribution in [0.5, 0.6) is 0 Å². The number of nitrogens with one attached hydrogen (secondary N) is 1. The van der Waals surface area contributed by atoms with Crippen molar-refractivity contribution in [1.29, 1.82) is 0 Å². The molecule has 3 nitrogen and oxygen atoms in total. The summed E-state index contributed by atoms with van der Waals surface area (Å²) < 4.78 is 0. The summed E-state index contributed by atoms with van der Waals surface area (Å²) in [5, 5.41) is 4.49. The van der Waals surface area contributed by atoms with Gasteiger partial charge in [-0.2, -0.15) is 11.3 Å². The first kappa shape index (κ1) is 22.3. The molecule has 0 saturated heterocycles. The highest BCUT2D eigenvalue weighted by atomic mass is 35.5. The van der Waals surface area contributed by atoms with Crippen LogP contribution in [0.15, 0.2) is 45.9 Å². The van der Waals surface area contributed by atoms with Crippen LogP contribution in [0.1, 0.15) is 22.5 Å². The van der Waals surface area contributed by atoms with E-state index in [1.807, 2.05) is 31.2 Å². The highest BCUT2D eigenvalue weighted by molar-refractivity contribution is 7.07. The normalized spacial score (nSPS) is 10.3. The van der Waals surface area contributed by atoms with Crippen LogP contribution in [-0.2, 0) is 6.54 Å². The number of rotatable bonds is 4. The van der Waals surface area contributed by atoms with Gasteiger partial charge in [0.25, 0.3) is 0 Å². The minimum Gasteiger partial charge on any atom is -0.361 e. The molecule has 6 heteroatoms. The van der Waals surface area contributed by atoms with Gasteiger partial charge in [-0.25, -0.2) is 0 Å². The second-order valence-corrected chi connectivity index (χ2v) is 7.73. The van der Waals surface area contributed by atoms with E-state index in [0.717, 1.165) is 23.4 Å². The van der Waals surface area contributed by atoms with Gasteiger partial charge < -0.3 is 4.98 Å². The Labute approximate surface area is 180 Å². The molecule has 0 fully saturated rings. The summed E-state index contributed by atoms with van der Waals surface area (Å²) in [6.45, 7) is 5.28. The molecule has 0 unspecified atom stereocenters. The third kappa shape index (κ3) is 5.27. The molecule has 0 atom stereocenters. The Morgan fingerprint density at radius 1 is 1.14 bits per heavy atom. The molecule has 0 aliphatic heterocycles. The quantitative estimate of drug-likeness (QED) is 0.569. The molecule has 0 saturated carbocycles. The highest BCUT2D eigenvalue weighted by Gasteiger charge is 2.12. The van der Waals surface area contributed by atoms with Gasteiger partial charge in [-0.3, -0.25) is 9.69 Å². The molecule has 0 aliphatic carbocycles. The number of nitrogens with zero attached hydrogens (tertiary/aromatic N) is 1. The van der Waals surface area contributed by atoms with E-state index in [4.69, 9.17) is 11.6 Å². The SMILES string of the molecule is Cc1[nH]c(C)c(-c2ccc(C#CCN(C)Cc3ccsc3)cc2)c(=O)c1Cl.Cl. The van der Waals surface area contributed by atoms with Gasteiger partial charge >= 0.3 is 0 Å². The number of aromatic amines is 1. The van der Waals surface area contributed by atoms with E-state index in [2.05, 4.69) is 45.6 Å². The van der Waals surface area contributed by atoms with E-state index < -0.39 is 0 Å². The molecule has 0 spiro atoms. The fourth-order valence-corrected chi connectivity index (χ4v) is 3.75. The smallest absolute Gasteiger partial charge is 0.208 e. The predicted molar refractivity (Wildman–Crippen MR) is 122 cm³/mol. The third-order valence-corrected chi connectivity index (χ3v) is 5.48. The highest BCUT2D eigenvalue weighted by Crippen LogP contribution is 2.22. The van der Waals surface area contributed by atoms with E-state index in [1.165, 1.54) is 5.56 Å². The number of pyridine rings is 1. The lowest BCUT2D eigenvalue weighted by Crippen LogP contribution is -2.17. The van der Waals surface area contributed by atoms with Crippen molar-refractivity contribution in [2.45, 2.75) is 20.4 Å².